The van der Waals surface area contributed by atoms with Gasteiger partial charge in [0.1, 0.15) is 5.52 Å². The summed E-state index contributed by atoms with van der Waals surface area (Å²) in [6.45, 7) is 0. The molecule has 0 amide bonds. The molecular formula is C11H15N4O4P. The van der Waals surface area contributed by atoms with Gasteiger partial charge in [0.2, 0.25) is 0 Å². The first kappa shape index (κ1) is 13.5. The minimum absolute atomic E-state index is 0.0610. The van der Waals surface area contributed by atoms with E-state index in [1.165, 1.54) is 0 Å². The number of nitrogens with zero attached hydrogens (tertiary/aromatic N) is 3. The Labute approximate surface area is 114 Å². The van der Waals surface area contributed by atoms with Crippen LogP contribution in [0.4, 0.5) is 5.69 Å². The van der Waals surface area contributed by atoms with E-state index in [9.17, 15) is 4.57 Å². The van der Waals surface area contributed by atoms with Crippen LogP contribution in [0.3, 0.4) is 0 Å². The second kappa shape index (κ2) is 4.82. The highest BCUT2D eigenvalue weighted by Gasteiger charge is 2.32. The molecule has 2 atom stereocenters. The number of phosphoric ester groups is 1. The van der Waals surface area contributed by atoms with Crippen LogP contribution in [-0.2, 0) is 9.09 Å². The second-order valence-electron chi connectivity index (χ2n) is 4.91. The Morgan fingerprint density at radius 1 is 1.40 bits per heavy atom. The number of pyridine rings is 1. The summed E-state index contributed by atoms with van der Waals surface area (Å²) in [7, 11) is -4.43. The quantitative estimate of drug-likeness (QED) is 0.728. The van der Waals surface area contributed by atoms with Crippen LogP contribution in [0.15, 0.2) is 18.6 Å². The van der Waals surface area contributed by atoms with Crippen LogP contribution in [0.25, 0.3) is 11.2 Å². The van der Waals surface area contributed by atoms with E-state index >= 15 is 0 Å². The van der Waals surface area contributed by atoms with Crippen molar-refractivity contribution in [1.82, 2.24) is 14.5 Å². The van der Waals surface area contributed by atoms with E-state index in [4.69, 9.17) is 20.0 Å². The highest BCUT2D eigenvalue weighted by Crippen LogP contribution is 2.44. The number of imidazole rings is 1. The molecule has 2 aromatic heterocycles. The maximum atomic E-state index is 10.9. The van der Waals surface area contributed by atoms with E-state index in [1.54, 1.807) is 18.6 Å². The van der Waals surface area contributed by atoms with Crippen LogP contribution in [-0.4, -0.2) is 30.4 Å². The monoisotopic (exact) mass is 298 g/mol. The highest BCUT2D eigenvalue weighted by atomic mass is 31.2. The molecule has 9 heteroatoms. The third kappa shape index (κ3) is 2.55. The van der Waals surface area contributed by atoms with Crippen molar-refractivity contribution >= 4 is 24.7 Å². The first-order chi connectivity index (χ1) is 9.44. The van der Waals surface area contributed by atoms with Gasteiger partial charge in [0.15, 0.2) is 5.65 Å². The number of fused-ring (bicyclic) bond motifs is 1. The molecule has 108 valence electrons. The predicted molar refractivity (Wildman–Crippen MR) is 71.7 cm³/mol. The topological polar surface area (TPSA) is 123 Å². The van der Waals surface area contributed by atoms with Crippen LogP contribution in [0.5, 0.6) is 0 Å². The Morgan fingerprint density at radius 3 is 2.95 bits per heavy atom. The fraction of sp³-hybridized carbons (Fsp3) is 0.455. The Balaban J connectivity index is 1.83. The molecule has 0 radical (unpaired) electrons. The van der Waals surface area contributed by atoms with E-state index < -0.39 is 13.9 Å². The average molecular weight is 298 g/mol. The largest absolute Gasteiger partial charge is 0.469 e. The number of aromatic nitrogens is 3. The SMILES string of the molecule is Nc1ccnc2c1ncn2[C@@H]1CCC(OP(=O)(O)O)C1. The van der Waals surface area contributed by atoms with E-state index in [-0.39, 0.29) is 6.04 Å². The van der Waals surface area contributed by atoms with E-state index in [0.717, 1.165) is 6.42 Å². The molecule has 1 aliphatic carbocycles. The number of nitrogen functional groups attached to an aromatic ring is 1. The van der Waals surface area contributed by atoms with Gasteiger partial charge in [0.25, 0.3) is 0 Å². The van der Waals surface area contributed by atoms with Crippen LogP contribution in [0, 0.1) is 0 Å². The van der Waals surface area contributed by atoms with Gasteiger partial charge >= 0.3 is 7.82 Å². The number of hydrogen-bond acceptors (Lipinski definition) is 5. The van der Waals surface area contributed by atoms with Gasteiger partial charge in [-0.05, 0) is 25.3 Å². The normalized spacial score (nSPS) is 23.5. The Hall–Kier alpha value is -1.47. The van der Waals surface area contributed by atoms with Crippen molar-refractivity contribution in [2.75, 3.05) is 5.73 Å². The van der Waals surface area contributed by atoms with Crippen molar-refractivity contribution < 1.29 is 18.9 Å². The second-order valence-corrected chi connectivity index (χ2v) is 6.10. The molecule has 0 aromatic carbocycles. The molecule has 20 heavy (non-hydrogen) atoms. The van der Waals surface area contributed by atoms with Crippen molar-refractivity contribution in [3.05, 3.63) is 18.6 Å². The lowest BCUT2D eigenvalue weighted by atomic mass is 10.2. The van der Waals surface area contributed by atoms with E-state index in [2.05, 4.69) is 9.97 Å². The average Bonchev–Trinajstić information content (AvgIpc) is 2.93. The standard InChI is InChI=1S/C11H15N4O4P/c12-9-3-4-13-11-10(9)14-6-15(11)7-1-2-8(5-7)19-20(16,17)18/h3-4,6-8H,1-2,5H2,(H2,12,13)(H2,16,17,18)/t7-,8?/m1/s1. The van der Waals surface area contributed by atoms with Gasteiger partial charge in [-0.2, -0.15) is 0 Å². The van der Waals surface area contributed by atoms with Crippen LogP contribution < -0.4 is 5.73 Å². The third-order valence-corrected chi connectivity index (χ3v) is 4.10. The molecule has 0 bridgehead atoms. The van der Waals surface area contributed by atoms with E-state index in [1.807, 2.05) is 4.57 Å². The summed E-state index contributed by atoms with van der Waals surface area (Å²) in [5.41, 5.74) is 7.73. The molecule has 1 aliphatic rings. The maximum Gasteiger partial charge on any atom is 0.469 e. The molecule has 0 aliphatic heterocycles. The summed E-state index contributed by atoms with van der Waals surface area (Å²) in [4.78, 5) is 26.2. The van der Waals surface area contributed by atoms with Crippen LogP contribution in [0.2, 0.25) is 0 Å². The highest BCUT2D eigenvalue weighted by molar-refractivity contribution is 7.46. The van der Waals surface area contributed by atoms with Crippen molar-refractivity contribution in [2.45, 2.75) is 31.4 Å². The summed E-state index contributed by atoms with van der Waals surface area (Å²) < 4.78 is 17.5. The maximum absolute atomic E-state index is 10.9. The molecule has 1 saturated carbocycles. The smallest absolute Gasteiger partial charge is 0.397 e. The van der Waals surface area contributed by atoms with Gasteiger partial charge in [0.05, 0.1) is 18.1 Å². The Kier molecular flexibility index (Phi) is 3.25. The summed E-state index contributed by atoms with van der Waals surface area (Å²) in [6, 6.07) is 1.75. The van der Waals surface area contributed by atoms with Gasteiger partial charge in [-0.1, -0.05) is 0 Å². The number of phosphoric acid groups is 1. The predicted octanol–water partition coefficient (Wildman–Crippen LogP) is 1.22. The zero-order chi connectivity index (χ0) is 14.3. The number of rotatable bonds is 3. The van der Waals surface area contributed by atoms with Crippen molar-refractivity contribution in [1.29, 1.82) is 0 Å². The lowest BCUT2D eigenvalue weighted by molar-refractivity contribution is 0.135. The number of nitrogens with two attached hydrogens (primary N) is 1. The molecule has 0 saturated heterocycles. The fourth-order valence-electron chi connectivity index (χ4n) is 2.68. The first-order valence-corrected chi connectivity index (χ1v) is 7.78. The van der Waals surface area contributed by atoms with Gasteiger partial charge in [0, 0.05) is 12.2 Å². The Bertz CT molecular complexity index is 682. The molecule has 1 unspecified atom stereocenters. The summed E-state index contributed by atoms with van der Waals surface area (Å²) in [5, 5.41) is 0. The van der Waals surface area contributed by atoms with Crippen molar-refractivity contribution in [2.24, 2.45) is 0 Å². The molecule has 8 nitrogen and oxygen atoms in total. The molecule has 2 heterocycles. The molecule has 3 rings (SSSR count). The Morgan fingerprint density at radius 2 is 2.20 bits per heavy atom. The van der Waals surface area contributed by atoms with Gasteiger partial charge < -0.3 is 20.1 Å². The number of hydrogen-bond donors (Lipinski definition) is 3. The molecule has 1 fully saturated rings. The molecular weight excluding hydrogens is 283 g/mol. The molecule has 4 N–H and O–H groups in total. The third-order valence-electron chi connectivity index (χ3n) is 3.53. The van der Waals surface area contributed by atoms with Crippen LogP contribution >= 0.6 is 7.82 Å². The summed E-state index contributed by atoms with van der Waals surface area (Å²) >= 11 is 0. The minimum Gasteiger partial charge on any atom is -0.397 e. The van der Waals surface area contributed by atoms with Crippen molar-refractivity contribution in [3.8, 4) is 0 Å². The van der Waals surface area contributed by atoms with Gasteiger partial charge in [-0.3, -0.25) is 4.52 Å². The molecule has 2 aromatic rings. The van der Waals surface area contributed by atoms with Crippen molar-refractivity contribution in [3.63, 3.8) is 0 Å². The first-order valence-electron chi connectivity index (χ1n) is 6.25. The summed E-state index contributed by atoms with van der Waals surface area (Å²) in [5.74, 6) is 0. The zero-order valence-corrected chi connectivity index (χ0v) is 11.5. The van der Waals surface area contributed by atoms with Crippen LogP contribution in [0.1, 0.15) is 25.3 Å². The lowest BCUT2D eigenvalue weighted by Gasteiger charge is -2.14. The minimum atomic E-state index is -4.43. The lowest BCUT2D eigenvalue weighted by Crippen LogP contribution is -2.09. The summed E-state index contributed by atoms with van der Waals surface area (Å²) in [6.07, 6.45) is 4.71. The molecule has 0 spiro atoms. The van der Waals surface area contributed by atoms with E-state index in [0.29, 0.717) is 29.7 Å². The fourth-order valence-corrected chi connectivity index (χ4v) is 3.26. The zero-order valence-electron chi connectivity index (χ0n) is 10.6. The number of anilines is 1. The van der Waals surface area contributed by atoms with Gasteiger partial charge in [-0.15, -0.1) is 0 Å². The van der Waals surface area contributed by atoms with Gasteiger partial charge in [-0.25, -0.2) is 14.5 Å².